The van der Waals surface area contributed by atoms with Crippen molar-refractivity contribution in [2.75, 3.05) is 13.6 Å². The molecule has 0 amide bonds. The molecule has 0 heterocycles. The highest BCUT2D eigenvalue weighted by Gasteiger charge is 2.08. The van der Waals surface area contributed by atoms with Gasteiger partial charge in [0.05, 0.1) is 0 Å². The molecule has 0 saturated heterocycles. The average molecular weight is 436 g/mol. The van der Waals surface area contributed by atoms with E-state index in [1.54, 1.807) is 0 Å². The second kappa shape index (κ2) is 27.7. The lowest BCUT2D eigenvalue weighted by atomic mass is 9.91. The van der Waals surface area contributed by atoms with Crippen LogP contribution in [-0.2, 0) is 0 Å². The van der Waals surface area contributed by atoms with Crippen LogP contribution < -0.4 is 5.32 Å². The minimum atomic E-state index is 0.966. The standard InChI is InChI=1S/C30H61N/c1-4-6-8-10-12-13-14-15-16-17-18-19-21-23-25-27-30(28-29-31-3)26-24-22-20-11-9-7-5-2/h15-16,30-31H,4-14,17-29H2,1-3H3. The van der Waals surface area contributed by atoms with Gasteiger partial charge >= 0.3 is 0 Å². The van der Waals surface area contributed by atoms with E-state index in [0.29, 0.717) is 0 Å². The van der Waals surface area contributed by atoms with Crippen LogP contribution in [0.25, 0.3) is 0 Å². The summed E-state index contributed by atoms with van der Waals surface area (Å²) < 4.78 is 0. The molecule has 0 rings (SSSR count). The fourth-order valence-corrected chi connectivity index (χ4v) is 4.68. The van der Waals surface area contributed by atoms with E-state index >= 15 is 0 Å². The summed E-state index contributed by atoms with van der Waals surface area (Å²) >= 11 is 0. The van der Waals surface area contributed by atoms with Crippen LogP contribution in [0.15, 0.2) is 12.2 Å². The van der Waals surface area contributed by atoms with Crippen LogP contribution in [0.3, 0.4) is 0 Å². The van der Waals surface area contributed by atoms with Crippen molar-refractivity contribution in [3.05, 3.63) is 12.2 Å². The average Bonchev–Trinajstić information content (AvgIpc) is 2.78. The maximum atomic E-state index is 3.37. The highest BCUT2D eigenvalue weighted by molar-refractivity contribution is 4.81. The normalized spacial score (nSPS) is 12.7. The monoisotopic (exact) mass is 435 g/mol. The van der Waals surface area contributed by atoms with Crippen LogP contribution in [0, 0.1) is 5.92 Å². The van der Waals surface area contributed by atoms with Gasteiger partial charge in [-0.25, -0.2) is 0 Å². The quantitative estimate of drug-likeness (QED) is 0.105. The van der Waals surface area contributed by atoms with E-state index in [-0.39, 0.29) is 0 Å². The molecule has 0 aromatic heterocycles. The summed E-state index contributed by atoms with van der Waals surface area (Å²) in [5.41, 5.74) is 0. The second-order valence-corrected chi connectivity index (χ2v) is 10.0. The molecule has 186 valence electrons. The van der Waals surface area contributed by atoms with Crippen LogP contribution in [0.2, 0.25) is 0 Å². The van der Waals surface area contributed by atoms with E-state index in [9.17, 15) is 0 Å². The van der Waals surface area contributed by atoms with Crippen molar-refractivity contribution in [1.29, 1.82) is 0 Å². The van der Waals surface area contributed by atoms with Crippen LogP contribution in [0.4, 0.5) is 0 Å². The Morgan fingerprint density at radius 3 is 1.29 bits per heavy atom. The highest BCUT2D eigenvalue weighted by Crippen LogP contribution is 2.22. The lowest BCUT2D eigenvalue weighted by molar-refractivity contribution is 0.377. The van der Waals surface area contributed by atoms with Crippen molar-refractivity contribution in [1.82, 2.24) is 5.32 Å². The topological polar surface area (TPSA) is 12.0 Å². The summed E-state index contributed by atoms with van der Waals surface area (Å²) in [6.07, 6.45) is 37.6. The van der Waals surface area contributed by atoms with Crippen molar-refractivity contribution in [2.45, 2.75) is 162 Å². The van der Waals surface area contributed by atoms with Crippen molar-refractivity contribution >= 4 is 0 Å². The molecular formula is C30H61N. The molecule has 1 atom stereocenters. The Morgan fingerprint density at radius 2 is 0.871 bits per heavy atom. The zero-order valence-electron chi connectivity index (χ0n) is 22.2. The Morgan fingerprint density at radius 1 is 0.484 bits per heavy atom. The van der Waals surface area contributed by atoms with Gasteiger partial charge in [0.15, 0.2) is 0 Å². The van der Waals surface area contributed by atoms with E-state index < -0.39 is 0 Å². The molecule has 0 radical (unpaired) electrons. The number of unbranched alkanes of at least 4 members (excludes halogenated alkanes) is 17. The smallest absolute Gasteiger partial charge is 0.00493 e. The molecule has 0 aromatic carbocycles. The highest BCUT2D eigenvalue weighted by atomic mass is 14.8. The Kier molecular flexibility index (Phi) is 27.5. The molecule has 0 saturated carbocycles. The summed E-state index contributed by atoms with van der Waals surface area (Å²) in [6, 6.07) is 0. The third kappa shape index (κ3) is 25.8. The predicted molar refractivity (Wildman–Crippen MR) is 144 cm³/mol. The molecular weight excluding hydrogens is 374 g/mol. The van der Waals surface area contributed by atoms with Crippen molar-refractivity contribution in [3.8, 4) is 0 Å². The molecule has 0 bridgehead atoms. The molecule has 0 aromatic rings. The summed E-state index contributed by atoms with van der Waals surface area (Å²) in [4.78, 5) is 0. The number of nitrogens with one attached hydrogen (secondary N) is 1. The molecule has 0 aliphatic carbocycles. The fraction of sp³-hybridized carbons (Fsp3) is 0.933. The number of rotatable bonds is 26. The second-order valence-electron chi connectivity index (χ2n) is 10.0. The molecule has 1 unspecified atom stereocenters. The Bertz CT molecular complexity index is 335. The molecule has 0 aliphatic rings. The zero-order valence-corrected chi connectivity index (χ0v) is 22.2. The number of hydrogen-bond donors (Lipinski definition) is 1. The van der Waals surface area contributed by atoms with Gasteiger partial charge in [-0.15, -0.1) is 0 Å². The van der Waals surface area contributed by atoms with E-state index in [2.05, 4.69) is 38.4 Å². The molecule has 1 nitrogen and oxygen atoms in total. The first-order valence-electron chi connectivity index (χ1n) is 14.6. The number of allylic oxidation sites excluding steroid dienone is 2. The maximum absolute atomic E-state index is 3.37. The molecule has 0 spiro atoms. The molecule has 0 aliphatic heterocycles. The van der Waals surface area contributed by atoms with E-state index in [1.165, 1.54) is 154 Å². The van der Waals surface area contributed by atoms with Gasteiger partial charge in [0.1, 0.15) is 0 Å². The fourth-order valence-electron chi connectivity index (χ4n) is 4.68. The third-order valence-corrected chi connectivity index (χ3v) is 6.89. The zero-order chi connectivity index (χ0) is 22.7. The molecule has 0 fully saturated rings. The molecule has 1 heteroatoms. The summed E-state index contributed by atoms with van der Waals surface area (Å²) in [5, 5.41) is 3.37. The van der Waals surface area contributed by atoms with Gasteiger partial charge in [0.25, 0.3) is 0 Å². The Labute approximate surface area is 198 Å². The van der Waals surface area contributed by atoms with Crippen LogP contribution in [0.1, 0.15) is 162 Å². The van der Waals surface area contributed by atoms with Crippen molar-refractivity contribution in [2.24, 2.45) is 5.92 Å². The summed E-state index contributed by atoms with van der Waals surface area (Å²) in [7, 11) is 2.10. The summed E-state index contributed by atoms with van der Waals surface area (Å²) in [6.45, 7) is 5.80. The van der Waals surface area contributed by atoms with E-state index in [4.69, 9.17) is 0 Å². The van der Waals surface area contributed by atoms with E-state index in [0.717, 1.165) is 5.92 Å². The van der Waals surface area contributed by atoms with Gasteiger partial charge in [-0.3, -0.25) is 0 Å². The third-order valence-electron chi connectivity index (χ3n) is 6.89. The van der Waals surface area contributed by atoms with Gasteiger partial charge in [0, 0.05) is 0 Å². The van der Waals surface area contributed by atoms with Gasteiger partial charge in [-0.2, -0.15) is 0 Å². The minimum Gasteiger partial charge on any atom is -0.320 e. The number of hydrogen-bond acceptors (Lipinski definition) is 1. The van der Waals surface area contributed by atoms with Gasteiger partial charge in [-0.05, 0) is 51.6 Å². The maximum Gasteiger partial charge on any atom is -0.00493 e. The lowest BCUT2D eigenvalue weighted by Gasteiger charge is -2.16. The minimum absolute atomic E-state index is 0.966. The first-order chi connectivity index (χ1) is 15.3. The largest absolute Gasteiger partial charge is 0.320 e. The summed E-state index contributed by atoms with van der Waals surface area (Å²) in [5.74, 6) is 0.966. The first kappa shape index (κ1) is 30.7. The molecule has 1 N–H and O–H groups in total. The van der Waals surface area contributed by atoms with Crippen molar-refractivity contribution < 1.29 is 0 Å². The van der Waals surface area contributed by atoms with Crippen LogP contribution in [-0.4, -0.2) is 13.6 Å². The van der Waals surface area contributed by atoms with Crippen molar-refractivity contribution in [3.63, 3.8) is 0 Å². The van der Waals surface area contributed by atoms with Gasteiger partial charge in [0.2, 0.25) is 0 Å². The van der Waals surface area contributed by atoms with Gasteiger partial charge < -0.3 is 5.32 Å². The van der Waals surface area contributed by atoms with Gasteiger partial charge in [-0.1, -0.05) is 142 Å². The van der Waals surface area contributed by atoms with E-state index in [1.807, 2.05) is 0 Å². The Balaban J connectivity index is 3.51. The lowest BCUT2D eigenvalue weighted by Crippen LogP contribution is -2.13. The first-order valence-corrected chi connectivity index (χ1v) is 14.6. The molecule has 31 heavy (non-hydrogen) atoms. The predicted octanol–water partition coefficient (Wildman–Crippen LogP) is 10.4. The van der Waals surface area contributed by atoms with Crippen LogP contribution >= 0.6 is 0 Å². The van der Waals surface area contributed by atoms with Crippen LogP contribution in [0.5, 0.6) is 0 Å². The SMILES string of the molecule is CCCCCCCCC=CCCCCCCCC(CCCCCCCCC)CCNC. The Hall–Kier alpha value is -0.300.